The maximum atomic E-state index is 6.76. The van der Waals surface area contributed by atoms with E-state index in [4.69, 9.17) is 13.9 Å². The minimum Gasteiger partial charge on any atom is -0.486 e. The summed E-state index contributed by atoms with van der Waals surface area (Å²) < 4.78 is 19.7. The van der Waals surface area contributed by atoms with E-state index in [1.807, 2.05) is 6.07 Å². The molecule has 4 heterocycles. The van der Waals surface area contributed by atoms with Gasteiger partial charge in [0.1, 0.15) is 24.6 Å². The average Bonchev–Trinajstić information content (AvgIpc) is 3.89. The molecule has 0 radical (unpaired) electrons. The maximum Gasteiger partial charge on any atom is 0.252 e. The monoisotopic (exact) mass is 940 g/mol. The molecule has 0 atom stereocenters. The highest BCUT2D eigenvalue weighted by Crippen LogP contribution is 2.52. The molecule has 0 unspecified atom stereocenters. The first-order valence-electron chi connectivity index (χ1n) is 25.8. The highest BCUT2D eigenvalue weighted by molar-refractivity contribution is 7.00. The number of anilines is 6. The quantitative estimate of drug-likeness (QED) is 0.164. The standard InChI is InChI=1S/C66H61BN2O3/c1-38-26-56-62-57(27-38)69(63-39(2)28-46(29-40(63)3)65(7,8)9)55-37-61-60(70-24-25-71-61)36-53(55)67(62)52-35-45(64(4,5)6)21-23-54(52)68(56)47-31-43(30-44(32-47)59-34-42-16-12-15-19-58(42)72-59)41-20-22-49-48-17-13-14-18-50(48)66(10,11)51(49)33-41/h12-23,26-37H,24-25H2,1-11H3. The van der Waals surface area contributed by atoms with Crippen molar-refractivity contribution in [2.24, 2.45) is 0 Å². The lowest BCUT2D eigenvalue weighted by Crippen LogP contribution is -2.61. The molecule has 6 heteroatoms. The molecule has 72 heavy (non-hydrogen) atoms. The number of hydrogen-bond acceptors (Lipinski definition) is 5. The Kier molecular flexibility index (Phi) is 9.60. The van der Waals surface area contributed by atoms with Crippen molar-refractivity contribution in [3.05, 3.63) is 185 Å². The Morgan fingerprint density at radius 2 is 1.17 bits per heavy atom. The molecule has 0 amide bonds. The first kappa shape index (κ1) is 44.5. The number of para-hydroxylation sites is 1. The molecule has 0 saturated heterocycles. The van der Waals surface area contributed by atoms with Crippen LogP contribution in [0.5, 0.6) is 11.5 Å². The normalized spacial score (nSPS) is 15.0. The second-order valence-corrected chi connectivity index (χ2v) is 23.5. The first-order valence-corrected chi connectivity index (χ1v) is 25.8. The van der Waals surface area contributed by atoms with E-state index in [2.05, 4.69) is 225 Å². The topological polar surface area (TPSA) is 38.1 Å². The van der Waals surface area contributed by atoms with E-state index in [0.29, 0.717) is 13.2 Å². The van der Waals surface area contributed by atoms with Gasteiger partial charge in [-0.3, -0.25) is 0 Å². The molecular weight excluding hydrogens is 880 g/mol. The molecule has 5 nitrogen and oxygen atoms in total. The number of rotatable bonds is 4. The number of hydrogen-bond donors (Lipinski definition) is 0. The lowest BCUT2D eigenvalue weighted by molar-refractivity contribution is 0.172. The third-order valence-electron chi connectivity index (χ3n) is 16.1. The highest BCUT2D eigenvalue weighted by atomic mass is 16.6. The fourth-order valence-electron chi connectivity index (χ4n) is 12.5. The number of nitrogens with zero attached hydrogens (tertiary/aromatic N) is 2. The maximum absolute atomic E-state index is 6.76. The van der Waals surface area contributed by atoms with E-state index in [0.717, 1.165) is 62.1 Å². The van der Waals surface area contributed by atoms with Crippen LogP contribution in [0.15, 0.2) is 150 Å². The van der Waals surface area contributed by atoms with Crippen molar-refractivity contribution in [1.82, 2.24) is 0 Å². The van der Waals surface area contributed by atoms with Crippen LogP contribution in [0.4, 0.5) is 34.1 Å². The van der Waals surface area contributed by atoms with Crippen LogP contribution in [0, 0.1) is 20.8 Å². The molecule has 0 saturated carbocycles. The van der Waals surface area contributed by atoms with Crippen LogP contribution >= 0.6 is 0 Å². The van der Waals surface area contributed by atoms with Crippen molar-refractivity contribution < 1.29 is 13.9 Å². The summed E-state index contributed by atoms with van der Waals surface area (Å²) in [4.78, 5) is 5.10. The van der Waals surface area contributed by atoms with Crippen LogP contribution in [-0.4, -0.2) is 19.9 Å². The Hall–Kier alpha value is -7.44. The van der Waals surface area contributed by atoms with Gasteiger partial charge < -0.3 is 23.7 Å². The molecule has 13 rings (SSSR count). The fourth-order valence-corrected chi connectivity index (χ4v) is 12.5. The van der Waals surface area contributed by atoms with Crippen LogP contribution in [0.25, 0.3) is 44.5 Å². The third-order valence-corrected chi connectivity index (χ3v) is 16.1. The van der Waals surface area contributed by atoms with E-state index in [1.54, 1.807) is 0 Å². The fraction of sp³-hybridized carbons (Fsp3) is 0.242. The molecule has 8 aromatic carbocycles. The lowest BCUT2D eigenvalue weighted by Gasteiger charge is -2.45. The van der Waals surface area contributed by atoms with Gasteiger partial charge in [-0.05, 0) is 170 Å². The van der Waals surface area contributed by atoms with Crippen LogP contribution < -0.4 is 35.7 Å². The molecule has 356 valence electrons. The molecule has 0 fully saturated rings. The Bertz CT molecular complexity index is 3710. The minimum absolute atomic E-state index is 0.00254. The van der Waals surface area contributed by atoms with Gasteiger partial charge in [0, 0.05) is 50.9 Å². The van der Waals surface area contributed by atoms with E-state index in [-0.39, 0.29) is 23.0 Å². The summed E-state index contributed by atoms with van der Waals surface area (Å²) >= 11 is 0. The van der Waals surface area contributed by atoms with Gasteiger partial charge in [0.2, 0.25) is 0 Å². The Labute approximate surface area is 425 Å². The summed E-state index contributed by atoms with van der Waals surface area (Å²) in [5, 5.41) is 1.08. The largest absolute Gasteiger partial charge is 0.486 e. The number of furan rings is 1. The molecular formula is C66H61BN2O3. The van der Waals surface area contributed by atoms with E-state index in [9.17, 15) is 0 Å². The van der Waals surface area contributed by atoms with Gasteiger partial charge in [-0.15, -0.1) is 0 Å². The summed E-state index contributed by atoms with van der Waals surface area (Å²) in [6, 6.07) is 55.0. The zero-order valence-corrected chi connectivity index (χ0v) is 43.5. The molecule has 0 spiro atoms. The van der Waals surface area contributed by atoms with E-state index < -0.39 is 0 Å². The van der Waals surface area contributed by atoms with Crippen molar-refractivity contribution in [3.8, 4) is 45.1 Å². The van der Waals surface area contributed by atoms with E-state index in [1.165, 1.54) is 83.4 Å². The van der Waals surface area contributed by atoms with E-state index >= 15 is 0 Å². The second-order valence-electron chi connectivity index (χ2n) is 23.5. The summed E-state index contributed by atoms with van der Waals surface area (Å²) in [6.07, 6.45) is 0. The van der Waals surface area contributed by atoms with Gasteiger partial charge in [0.05, 0.1) is 5.69 Å². The van der Waals surface area contributed by atoms with Gasteiger partial charge in [-0.2, -0.15) is 0 Å². The van der Waals surface area contributed by atoms with Crippen LogP contribution in [-0.2, 0) is 16.2 Å². The van der Waals surface area contributed by atoms with Gasteiger partial charge in [-0.25, -0.2) is 0 Å². The molecule has 1 aromatic heterocycles. The summed E-state index contributed by atoms with van der Waals surface area (Å²) in [7, 11) is 0. The Balaban J connectivity index is 1.10. The molecule has 3 aliphatic heterocycles. The number of aryl methyl sites for hydroxylation is 3. The predicted octanol–water partition coefficient (Wildman–Crippen LogP) is 15.4. The number of benzene rings is 8. The Morgan fingerprint density at radius 1 is 0.514 bits per heavy atom. The number of fused-ring (bicyclic) bond motifs is 9. The summed E-state index contributed by atoms with van der Waals surface area (Å²) in [5.74, 6) is 2.43. The predicted molar refractivity (Wildman–Crippen MR) is 301 cm³/mol. The summed E-state index contributed by atoms with van der Waals surface area (Å²) in [5.41, 5.74) is 26.3. The number of ether oxygens (including phenoxy) is 2. The van der Waals surface area contributed by atoms with Gasteiger partial charge >= 0.3 is 0 Å². The lowest BCUT2D eigenvalue weighted by atomic mass is 9.33. The SMILES string of the molecule is Cc1cc2c3c(c1)N(c1c(C)cc(C(C)(C)C)cc1C)c1cc4c(cc1B3c1cc(C(C)(C)C)ccc1N2c1cc(-c2ccc3c(c2)C(C)(C)c2ccccc2-3)cc(-c2cc3ccccc3o2)c1)OCCO4. The minimum atomic E-state index is -0.143. The molecule has 4 aliphatic rings. The molecule has 1 aliphatic carbocycles. The Morgan fingerprint density at radius 3 is 1.90 bits per heavy atom. The van der Waals surface area contributed by atoms with Gasteiger partial charge in [0.25, 0.3) is 6.71 Å². The van der Waals surface area contributed by atoms with Crippen LogP contribution in [0.2, 0.25) is 0 Å². The summed E-state index contributed by atoms with van der Waals surface area (Å²) in [6.45, 7) is 26.4. The van der Waals surface area contributed by atoms with Crippen molar-refractivity contribution in [2.45, 2.75) is 92.4 Å². The zero-order valence-electron chi connectivity index (χ0n) is 43.5. The van der Waals surface area contributed by atoms with Crippen LogP contribution in [0.1, 0.15) is 94.3 Å². The van der Waals surface area contributed by atoms with Crippen LogP contribution in [0.3, 0.4) is 0 Å². The smallest absolute Gasteiger partial charge is 0.252 e. The highest BCUT2D eigenvalue weighted by Gasteiger charge is 2.46. The van der Waals surface area contributed by atoms with Crippen molar-refractivity contribution in [2.75, 3.05) is 23.0 Å². The van der Waals surface area contributed by atoms with Crippen molar-refractivity contribution in [3.63, 3.8) is 0 Å². The average molecular weight is 941 g/mol. The van der Waals surface area contributed by atoms with Crippen molar-refractivity contribution >= 4 is 68.2 Å². The molecule has 0 N–H and O–H groups in total. The van der Waals surface area contributed by atoms with Gasteiger partial charge in [0.15, 0.2) is 11.5 Å². The first-order chi connectivity index (χ1) is 34.4. The second kappa shape index (κ2) is 15.5. The van der Waals surface area contributed by atoms with Gasteiger partial charge in [-0.1, -0.05) is 134 Å². The molecule has 9 aromatic rings. The zero-order chi connectivity index (χ0) is 49.7. The molecule has 0 bridgehead atoms. The van der Waals surface area contributed by atoms with Crippen molar-refractivity contribution in [1.29, 1.82) is 0 Å². The third kappa shape index (κ3) is 6.74.